The number of rotatable bonds is 6. The van der Waals surface area contributed by atoms with E-state index in [4.69, 9.17) is 12.2 Å². The van der Waals surface area contributed by atoms with Crippen molar-refractivity contribution in [3.63, 3.8) is 0 Å². The molecule has 0 saturated carbocycles. The largest absolute Gasteiger partial charge is 0.357 e. The van der Waals surface area contributed by atoms with E-state index in [9.17, 15) is 14.9 Å². The Kier molecular flexibility index (Phi) is 8.18. The number of carbonyl (C=O) groups excluding carboxylic acids is 1. The Morgan fingerprint density at radius 3 is 2.38 bits per heavy atom. The molecule has 0 N–H and O–H groups in total. The number of nitriles is 1. The van der Waals surface area contributed by atoms with Crippen LogP contribution in [0.4, 0.5) is 5.82 Å². The fourth-order valence-corrected chi connectivity index (χ4v) is 5.85. The van der Waals surface area contributed by atoms with Crippen LogP contribution < -0.4 is 10.5 Å². The molecule has 1 aromatic heterocycles. The van der Waals surface area contributed by atoms with E-state index in [2.05, 4.69) is 17.9 Å². The number of anilines is 1. The summed E-state index contributed by atoms with van der Waals surface area (Å²) in [5.41, 5.74) is 1.36. The zero-order chi connectivity index (χ0) is 23.4. The first-order valence-corrected chi connectivity index (χ1v) is 12.7. The second-order valence-corrected chi connectivity index (χ2v) is 10.4. The molecular weight excluding hydrogens is 440 g/mol. The normalized spacial score (nSPS) is 18.6. The zero-order valence-electron chi connectivity index (χ0n) is 19.4. The second-order valence-electron chi connectivity index (χ2n) is 8.71. The highest BCUT2D eigenvalue weighted by atomic mass is 32.2. The van der Waals surface area contributed by atoms with Gasteiger partial charge in [0.2, 0.25) is 0 Å². The van der Waals surface area contributed by atoms with Crippen LogP contribution in [0, 0.1) is 18.3 Å². The Morgan fingerprint density at radius 1 is 1.19 bits per heavy atom. The molecule has 0 bridgehead atoms. The van der Waals surface area contributed by atoms with E-state index in [1.807, 2.05) is 26.8 Å². The van der Waals surface area contributed by atoms with Crippen LogP contribution in [0.25, 0.3) is 6.08 Å². The number of amides is 1. The van der Waals surface area contributed by atoms with Crippen molar-refractivity contribution in [2.24, 2.45) is 0 Å². The predicted octanol–water partition coefficient (Wildman–Crippen LogP) is 4.82. The monoisotopic (exact) mass is 472 g/mol. The van der Waals surface area contributed by atoms with Crippen LogP contribution in [0.3, 0.4) is 0 Å². The maximum atomic E-state index is 13.3. The van der Waals surface area contributed by atoms with E-state index in [-0.39, 0.29) is 23.1 Å². The maximum Gasteiger partial charge on any atom is 0.270 e. The summed E-state index contributed by atoms with van der Waals surface area (Å²) in [6, 6.07) is 2.11. The number of nitrogens with zero attached hydrogens (tertiary/aromatic N) is 4. The van der Waals surface area contributed by atoms with Crippen LogP contribution in [0.1, 0.15) is 76.0 Å². The molecule has 3 rings (SSSR count). The quantitative estimate of drug-likeness (QED) is 0.437. The van der Waals surface area contributed by atoms with Crippen LogP contribution in [0.5, 0.6) is 0 Å². The molecule has 32 heavy (non-hydrogen) atoms. The molecule has 0 aliphatic carbocycles. The molecule has 172 valence electrons. The molecule has 2 saturated heterocycles. The van der Waals surface area contributed by atoms with Crippen LogP contribution in [0.15, 0.2) is 9.70 Å². The van der Waals surface area contributed by atoms with Crippen molar-refractivity contribution in [2.45, 2.75) is 78.8 Å². The van der Waals surface area contributed by atoms with Gasteiger partial charge in [-0.25, -0.2) is 0 Å². The minimum atomic E-state index is -0.232. The molecule has 3 heterocycles. The van der Waals surface area contributed by atoms with Crippen molar-refractivity contribution in [2.75, 3.05) is 18.0 Å². The number of unbranched alkanes of at least 4 members (excludes halogenated alkanes) is 1. The highest BCUT2D eigenvalue weighted by Crippen LogP contribution is 2.37. The van der Waals surface area contributed by atoms with Gasteiger partial charge >= 0.3 is 0 Å². The summed E-state index contributed by atoms with van der Waals surface area (Å²) in [5.74, 6) is 0.734. The van der Waals surface area contributed by atoms with E-state index in [1.54, 1.807) is 9.47 Å². The number of thioether (sulfide) groups is 1. The minimum Gasteiger partial charge on any atom is -0.357 e. The fraction of sp³-hybridized carbons (Fsp3) is 0.583. The van der Waals surface area contributed by atoms with Gasteiger partial charge in [0.05, 0.1) is 4.91 Å². The van der Waals surface area contributed by atoms with Gasteiger partial charge in [-0.2, -0.15) is 5.26 Å². The van der Waals surface area contributed by atoms with Crippen LogP contribution in [-0.2, 0) is 11.3 Å². The molecule has 6 nitrogen and oxygen atoms in total. The SMILES string of the molecule is CCCCn1c(N2CCCCCC2)c(C=C2SC(=S)N(C(C)C)C2=O)c(C)c(C#N)c1=O. The number of hydrogen-bond acceptors (Lipinski definition) is 6. The average Bonchev–Trinajstić information content (AvgIpc) is 2.91. The van der Waals surface area contributed by atoms with Gasteiger partial charge in [0.1, 0.15) is 21.8 Å². The molecule has 1 amide bonds. The number of carbonyl (C=O) groups is 1. The van der Waals surface area contributed by atoms with Crippen molar-refractivity contribution in [1.29, 1.82) is 5.26 Å². The van der Waals surface area contributed by atoms with Crippen molar-refractivity contribution >= 4 is 46.1 Å². The summed E-state index contributed by atoms with van der Waals surface area (Å²) >= 11 is 6.75. The summed E-state index contributed by atoms with van der Waals surface area (Å²) < 4.78 is 2.32. The Hall–Kier alpha value is -2.11. The van der Waals surface area contributed by atoms with Gasteiger partial charge in [-0.05, 0) is 51.7 Å². The Bertz CT molecular complexity index is 1030. The highest BCUT2D eigenvalue weighted by molar-refractivity contribution is 8.26. The lowest BCUT2D eigenvalue weighted by molar-refractivity contribution is -0.123. The first-order valence-electron chi connectivity index (χ1n) is 11.5. The smallest absolute Gasteiger partial charge is 0.270 e. The molecular formula is C24H32N4O2S2. The predicted molar refractivity (Wildman–Crippen MR) is 136 cm³/mol. The van der Waals surface area contributed by atoms with Gasteiger partial charge in [-0.15, -0.1) is 0 Å². The topological polar surface area (TPSA) is 69.3 Å². The van der Waals surface area contributed by atoms with E-state index >= 15 is 0 Å². The molecule has 0 atom stereocenters. The summed E-state index contributed by atoms with van der Waals surface area (Å²) in [6.45, 7) is 10.1. The van der Waals surface area contributed by atoms with Gasteiger partial charge in [0, 0.05) is 31.2 Å². The number of thiocarbonyl (C=S) groups is 1. The first kappa shape index (κ1) is 24.5. The summed E-state index contributed by atoms with van der Waals surface area (Å²) in [7, 11) is 0. The van der Waals surface area contributed by atoms with Crippen molar-refractivity contribution in [1.82, 2.24) is 9.47 Å². The maximum absolute atomic E-state index is 13.3. The van der Waals surface area contributed by atoms with Crippen molar-refractivity contribution in [3.05, 3.63) is 31.9 Å². The van der Waals surface area contributed by atoms with E-state index in [1.165, 1.54) is 24.6 Å². The zero-order valence-corrected chi connectivity index (χ0v) is 21.1. The van der Waals surface area contributed by atoms with E-state index in [0.717, 1.165) is 50.2 Å². The first-order chi connectivity index (χ1) is 15.3. The van der Waals surface area contributed by atoms with Gasteiger partial charge in [0.25, 0.3) is 11.5 Å². The number of hydrogen-bond donors (Lipinski definition) is 0. The highest BCUT2D eigenvalue weighted by Gasteiger charge is 2.34. The van der Waals surface area contributed by atoms with Crippen molar-refractivity contribution in [3.8, 4) is 6.07 Å². The standard InChI is InChI=1S/C24H32N4O2S2/c1-5-6-13-27-21(26-11-9-7-8-10-12-26)18(17(4)19(15-25)22(27)29)14-20-23(30)28(16(2)3)24(31)32-20/h14,16H,5-13H2,1-4H3. The van der Waals surface area contributed by atoms with Gasteiger partial charge in [-0.3, -0.25) is 19.1 Å². The van der Waals surface area contributed by atoms with Gasteiger partial charge < -0.3 is 4.90 Å². The van der Waals surface area contributed by atoms with E-state index < -0.39 is 0 Å². The molecule has 0 spiro atoms. The van der Waals surface area contributed by atoms with Crippen molar-refractivity contribution < 1.29 is 4.79 Å². The lowest BCUT2D eigenvalue weighted by atomic mass is 10.0. The molecule has 0 aromatic carbocycles. The van der Waals surface area contributed by atoms with Gasteiger partial charge in [-0.1, -0.05) is 50.2 Å². The Morgan fingerprint density at radius 2 is 1.84 bits per heavy atom. The third-order valence-electron chi connectivity index (χ3n) is 6.10. The minimum absolute atomic E-state index is 0.0206. The molecule has 8 heteroatoms. The molecule has 2 fully saturated rings. The third-order valence-corrected chi connectivity index (χ3v) is 7.43. The number of aromatic nitrogens is 1. The summed E-state index contributed by atoms with van der Waals surface area (Å²) in [4.78, 5) is 30.9. The summed E-state index contributed by atoms with van der Waals surface area (Å²) in [6.07, 6.45) is 8.14. The third kappa shape index (κ3) is 4.79. The summed E-state index contributed by atoms with van der Waals surface area (Å²) in [5, 5.41) is 9.79. The molecule has 0 unspecified atom stereocenters. The van der Waals surface area contributed by atoms with Crippen LogP contribution in [0.2, 0.25) is 0 Å². The number of pyridine rings is 1. The second kappa shape index (κ2) is 10.7. The lowest BCUT2D eigenvalue weighted by Crippen LogP contribution is -2.35. The van der Waals surface area contributed by atoms with Gasteiger partial charge in [0.15, 0.2) is 0 Å². The average molecular weight is 473 g/mol. The molecule has 1 aromatic rings. The molecule has 0 radical (unpaired) electrons. The van der Waals surface area contributed by atoms with Crippen LogP contribution >= 0.6 is 24.0 Å². The lowest BCUT2D eigenvalue weighted by Gasteiger charge is -2.29. The fourth-order valence-electron chi connectivity index (χ4n) is 4.35. The molecule has 2 aliphatic rings. The van der Waals surface area contributed by atoms with Crippen LogP contribution in [-0.4, -0.2) is 38.8 Å². The Balaban J connectivity index is 2.26. The van der Waals surface area contributed by atoms with E-state index in [0.29, 0.717) is 21.3 Å². The molecule has 2 aliphatic heterocycles. The Labute approximate surface area is 200 Å².